The lowest BCUT2D eigenvalue weighted by molar-refractivity contribution is 0.441. The molecule has 1 atom stereocenters. The van der Waals surface area contributed by atoms with E-state index in [2.05, 4.69) is 35.8 Å². The van der Waals surface area contributed by atoms with Crippen LogP contribution in [0.5, 0.6) is 0 Å². The van der Waals surface area contributed by atoms with Crippen molar-refractivity contribution < 1.29 is 0 Å². The van der Waals surface area contributed by atoms with Crippen LogP contribution in [0, 0.1) is 11.8 Å². The van der Waals surface area contributed by atoms with Crippen molar-refractivity contribution in [1.82, 2.24) is 0 Å². The fraction of sp³-hybridized carbons (Fsp3) is 0.538. The largest absolute Gasteiger partial charge is 0.126 e. The maximum Gasteiger partial charge on any atom is 0.0449 e. The molecule has 0 heterocycles. The topological polar surface area (TPSA) is 0 Å². The first kappa shape index (κ1) is 14.3. The number of hydrogen-bond donors (Lipinski definition) is 0. The van der Waals surface area contributed by atoms with Gasteiger partial charge in [0.2, 0.25) is 0 Å². The number of alkyl halides is 1. The summed E-state index contributed by atoms with van der Waals surface area (Å²) in [6.45, 7) is 4.45. The Labute approximate surface area is 116 Å². The molecular weight excluding hydrogens is 307 g/mol. The standard InChI is InChI=1S/C13H17BrCl2/c1-9(2)5-10(8-15)6-11-3-4-12(14)7-13(11)16/h3-4,7,9-10H,5-6,8H2,1-2H3. The van der Waals surface area contributed by atoms with Gasteiger partial charge < -0.3 is 0 Å². The molecular formula is C13H17BrCl2. The first-order valence-electron chi connectivity index (χ1n) is 5.52. The molecule has 0 spiro atoms. The van der Waals surface area contributed by atoms with Gasteiger partial charge in [0.1, 0.15) is 0 Å². The quantitative estimate of drug-likeness (QED) is 0.623. The van der Waals surface area contributed by atoms with E-state index in [1.807, 2.05) is 12.1 Å². The van der Waals surface area contributed by atoms with Crippen molar-refractivity contribution in [3.8, 4) is 0 Å². The molecule has 16 heavy (non-hydrogen) atoms. The third kappa shape index (κ3) is 4.65. The second kappa shape index (κ2) is 6.88. The van der Waals surface area contributed by atoms with Crippen LogP contribution in [0.1, 0.15) is 25.8 Å². The van der Waals surface area contributed by atoms with Gasteiger partial charge in [-0.1, -0.05) is 47.4 Å². The molecule has 0 aliphatic carbocycles. The molecule has 1 rings (SSSR count). The van der Waals surface area contributed by atoms with E-state index in [0.717, 1.165) is 22.3 Å². The summed E-state index contributed by atoms with van der Waals surface area (Å²) < 4.78 is 1.02. The molecule has 0 bridgehead atoms. The summed E-state index contributed by atoms with van der Waals surface area (Å²) in [7, 11) is 0. The molecule has 0 saturated heterocycles. The fourth-order valence-corrected chi connectivity index (χ4v) is 2.85. The van der Waals surface area contributed by atoms with Crippen molar-refractivity contribution in [1.29, 1.82) is 0 Å². The van der Waals surface area contributed by atoms with Crippen LogP contribution >= 0.6 is 39.1 Å². The highest BCUT2D eigenvalue weighted by Gasteiger charge is 2.12. The Balaban J connectivity index is 2.70. The predicted molar refractivity (Wildman–Crippen MR) is 76.5 cm³/mol. The maximum atomic E-state index is 6.19. The van der Waals surface area contributed by atoms with Gasteiger partial charge in [0, 0.05) is 15.4 Å². The summed E-state index contributed by atoms with van der Waals surface area (Å²) in [6.07, 6.45) is 2.11. The van der Waals surface area contributed by atoms with E-state index in [-0.39, 0.29) is 0 Å². The SMILES string of the molecule is CC(C)CC(CCl)Cc1ccc(Br)cc1Cl. The second-order valence-corrected chi connectivity index (χ2v) is 6.22. The lowest BCUT2D eigenvalue weighted by Crippen LogP contribution is -2.10. The molecule has 0 aliphatic heterocycles. The van der Waals surface area contributed by atoms with Crippen molar-refractivity contribution in [2.24, 2.45) is 11.8 Å². The molecule has 1 unspecified atom stereocenters. The Bertz CT molecular complexity index is 337. The van der Waals surface area contributed by atoms with Crippen LogP contribution in [0.2, 0.25) is 5.02 Å². The van der Waals surface area contributed by atoms with E-state index in [1.54, 1.807) is 0 Å². The predicted octanol–water partition coefficient (Wildman–Crippen LogP) is 5.55. The van der Waals surface area contributed by atoms with E-state index in [0.29, 0.717) is 17.7 Å². The van der Waals surface area contributed by atoms with Gasteiger partial charge in [-0.2, -0.15) is 0 Å². The summed E-state index contributed by atoms with van der Waals surface area (Å²) in [5.41, 5.74) is 1.19. The minimum atomic E-state index is 0.514. The van der Waals surface area contributed by atoms with Crippen LogP contribution in [0.25, 0.3) is 0 Å². The Kier molecular flexibility index (Phi) is 6.17. The van der Waals surface area contributed by atoms with E-state index >= 15 is 0 Å². The molecule has 1 aromatic rings. The smallest absolute Gasteiger partial charge is 0.0449 e. The molecule has 0 fully saturated rings. The molecule has 3 heteroatoms. The third-order valence-corrected chi connectivity index (χ3v) is 3.83. The Morgan fingerprint density at radius 3 is 2.50 bits per heavy atom. The molecule has 1 aromatic carbocycles. The summed E-state index contributed by atoms with van der Waals surface area (Å²) in [4.78, 5) is 0. The Morgan fingerprint density at radius 2 is 2.00 bits per heavy atom. The van der Waals surface area contributed by atoms with Crippen LogP contribution in [-0.4, -0.2) is 5.88 Å². The van der Waals surface area contributed by atoms with Crippen LogP contribution in [0.4, 0.5) is 0 Å². The molecule has 0 radical (unpaired) electrons. The van der Waals surface area contributed by atoms with E-state index in [4.69, 9.17) is 23.2 Å². The molecule has 0 amide bonds. The van der Waals surface area contributed by atoms with Gasteiger partial charge >= 0.3 is 0 Å². The van der Waals surface area contributed by atoms with Gasteiger partial charge in [0.15, 0.2) is 0 Å². The lowest BCUT2D eigenvalue weighted by Gasteiger charge is -2.17. The second-order valence-electron chi connectivity index (χ2n) is 4.59. The van der Waals surface area contributed by atoms with Gasteiger partial charge in [-0.3, -0.25) is 0 Å². The minimum absolute atomic E-state index is 0.514. The van der Waals surface area contributed by atoms with E-state index in [1.165, 1.54) is 5.56 Å². The zero-order valence-corrected chi connectivity index (χ0v) is 12.7. The van der Waals surface area contributed by atoms with Crippen LogP contribution < -0.4 is 0 Å². The van der Waals surface area contributed by atoms with Crippen molar-refractivity contribution in [3.63, 3.8) is 0 Å². The van der Waals surface area contributed by atoms with Gasteiger partial charge in [-0.05, 0) is 42.4 Å². The first-order valence-corrected chi connectivity index (χ1v) is 7.23. The van der Waals surface area contributed by atoms with Crippen LogP contribution in [0.3, 0.4) is 0 Å². The van der Waals surface area contributed by atoms with E-state index < -0.39 is 0 Å². The monoisotopic (exact) mass is 322 g/mol. The molecule has 0 nitrogen and oxygen atoms in total. The lowest BCUT2D eigenvalue weighted by atomic mass is 9.92. The number of rotatable bonds is 5. The third-order valence-electron chi connectivity index (χ3n) is 2.55. The summed E-state index contributed by atoms with van der Waals surface area (Å²) in [6, 6.07) is 6.05. The summed E-state index contributed by atoms with van der Waals surface area (Å²) >= 11 is 15.6. The first-order chi connectivity index (χ1) is 7.52. The molecule has 0 aliphatic rings. The summed E-state index contributed by atoms with van der Waals surface area (Å²) in [5.74, 6) is 1.89. The van der Waals surface area contributed by atoms with E-state index in [9.17, 15) is 0 Å². The molecule has 0 N–H and O–H groups in total. The highest BCUT2D eigenvalue weighted by Crippen LogP contribution is 2.26. The van der Waals surface area contributed by atoms with Crippen molar-refractivity contribution >= 4 is 39.1 Å². The molecule has 0 saturated carbocycles. The normalized spacial score (nSPS) is 13.1. The van der Waals surface area contributed by atoms with Crippen molar-refractivity contribution in [2.45, 2.75) is 26.7 Å². The number of hydrogen-bond acceptors (Lipinski definition) is 0. The van der Waals surface area contributed by atoms with Gasteiger partial charge in [0.25, 0.3) is 0 Å². The van der Waals surface area contributed by atoms with Crippen molar-refractivity contribution in [3.05, 3.63) is 33.3 Å². The molecule has 0 aromatic heterocycles. The number of halogens is 3. The van der Waals surface area contributed by atoms with Gasteiger partial charge in [-0.15, -0.1) is 11.6 Å². The summed E-state index contributed by atoms with van der Waals surface area (Å²) in [5, 5.41) is 0.827. The van der Waals surface area contributed by atoms with Crippen LogP contribution in [-0.2, 0) is 6.42 Å². The number of benzene rings is 1. The van der Waals surface area contributed by atoms with Gasteiger partial charge in [-0.25, -0.2) is 0 Å². The maximum absolute atomic E-state index is 6.19. The van der Waals surface area contributed by atoms with Crippen LogP contribution in [0.15, 0.2) is 22.7 Å². The zero-order valence-electron chi connectivity index (χ0n) is 9.64. The zero-order chi connectivity index (χ0) is 12.1. The highest BCUT2D eigenvalue weighted by atomic mass is 79.9. The molecule has 90 valence electrons. The average molecular weight is 324 g/mol. The fourth-order valence-electron chi connectivity index (χ4n) is 1.87. The Morgan fingerprint density at radius 1 is 1.31 bits per heavy atom. The van der Waals surface area contributed by atoms with Gasteiger partial charge in [0.05, 0.1) is 0 Å². The van der Waals surface area contributed by atoms with Crippen molar-refractivity contribution in [2.75, 3.05) is 5.88 Å². The minimum Gasteiger partial charge on any atom is -0.126 e. The average Bonchev–Trinajstić information content (AvgIpc) is 2.20. The Hall–Kier alpha value is 0.280. The highest BCUT2D eigenvalue weighted by molar-refractivity contribution is 9.10.